The molecule has 0 bridgehead atoms. The van der Waals surface area contributed by atoms with Crippen LogP contribution in [0.15, 0.2) is 96.1 Å². The molecule has 5 aromatic rings. The Labute approximate surface area is 262 Å². The van der Waals surface area contributed by atoms with E-state index in [-0.39, 0.29) is 36.2 Å². The second kappa shape index (κ2) is 13.3. The van der Waals surface area contributed by atoms with Crippen LogP contribution in [0.3, 0.4) is 0 Å². The summed E-state index contributed by atoms with van der Waals surface area (Å²) in [5, 5.41) is 24.7. The smallest absolute Gasteiger partial charge is 0.272 e. The molecule has 12 nitrogen and oxygen atoms in total. The van der Waals surface area contributed by atoms with Gasteiger partial charge >= 0.3 is 0 Å². The molecule has 0 aliphatic carbocycles. The van der Waals surface area contributed by atoms with Gasteiger partial charge in [0.2, 0.25) is 0 Å². The lowest BCUT2D eigenvalue weighted by molar-refractivity contribution is -0.385. The summed E-state index contributed by atoms with van der Waals surface area (Å²) in [5.41, 5.74) is 3.10. The maximum atomic E-state index is 14.5. The summed E-state index contributed by atoms with van der Waals surface area (Å²) in [4.78, 5) is 33.6. The van der Waals surface area contributed by atoms with Crippen LogP contribution in [0.2, 0.25) is 0 Å². The maximum absolute atomic E-state index is 14.5. The molecule has 1 atom stereocenters. The second-order valence-electron chi connectivity index (χ2n) is 10.5. The van der Waals surface area contributed by atoms with Gasteiger partial charge in [0.05, 0.1) is 59.5 Å². The highest BCUT2D eigenvalue weighted by molar-refractivity contribution is 5.61. The standard InChI is InChI=1S/C33H26FN7O5/c34-29-15-26(41(43)44)7-9-31(29)39-11-12-45-28(20-39)21-46-27-17-36-33(37-18-27)25-6-2-4-23(14-25)19-40-32(42)10-8-30(38-40)24-5-1-3-22(13-24)16-35/h1-10,13-15,17-18,28H,11-12,19-21H2/t28-/m1/s1. The number of ether oxygens (including phenoxy) is 2. The summed E-state index contributed by atoms with van der Waals surface area (Å²) in [6.07, 6.45) is 2.73. The van der Waals surface area contributed by atoms with Crippen LogP contribution < -0.4 is 15.2 Å². The zero-order chi connectivity index (χ0) is 32.0. The Kier molecular flexibility index (Phi) is 8.71. The van der Waals surface area contributed by atoms with Crippen LogP contribution in [-0.4, -0.2) is 57.1 Å². The number of hydrogen-bond acceptors (Lipinski definition) is 10. The van der Waals surface area contributed by atoms with E-state index >= 15 is 0 Å². The minimum absolute atomic E-state index is 0.172. The van der Waals surface area contributed by atoms with Gasteiger partial charge in [0, 0.05) is 36.3 Å². The number of rotatable bonds is 9. The monoisotopic (exact) mass is 619 g/mol. The van der Waals surface area contributed by atoms with Gasteiger partial charge in [-0.2, -0.15) is 10.4 Å². The molecule has 0 radical (unpaired) electrons. The number of benzene rings is 3. The first-order chi connectivity index (χ1) is 22.4. The van der Waals surface area contributed by atoms with Gasteiger partial charge in [0.25, 0.3) is 11.2 Å². The molecule has 1 aliphatic rings. The van der Waals surface area contributed by atoms with Crippen LogP contribution in [0, 0.1) is 27.3 Å². The molecule has 1 saturated heterocycles. The highest BCUT2D eigenvalue weighted by Gasteiger charge is 2.24. The fourth-order valence-electron chi connectivity index (χ4n) is 5.08. The fraction of sp³-hybridized carbons (Fsp3) is 0.182. The Morgan fingerprint density at radius 2 is 1.85 bits per heavy atom. The molecule has 6 rings (SSSR count). The van der Waals surface area contributed by atoms with E-state index in [1.165, 1.54) is 22.9 Å². The van der Waals surface area contributed by atoms with Crippen molar-refractivity contribution in [2.75, 3.05) is 31.2 Å². The van der Waals surface area contributed by atoms with Gasteiger partial charge < -0.3 is 14.4 Å². The predicted molar refractivity (Wildman–Crippen MR) is 166 cm³/mol. The average molecular weight is 620 g/mol. The van der Waals surface area contributed by atoms with Crippen molar-refractivity contribution in [1.29, 1.82) is 5.26 Å². The summed E-state index contributed by atoms with van der Waals surface area (Å²) in [6, 6.07) is 23.3. The van der Waals surface area contributed by atoms with Crippen molar-refractivity contribution in [3.63, 3.8) is 0 Å². The Hall–Kier alpha value is -6.00. The first-order valence-corrected chi connectivity index (χ1v) is 14.3. The zero-order valence-electron chi connectivity index (χ0n) is 24.3. The molecule has 13 heteroatoms. The maximum Gasteiger partial charge on any atom is 0.272 e. The summed E-state index contributed by atoms with van der Waals surface area (Å²) >= 11 is 0. The summed E-state index contributed by atoms with van der Waals surface area (Å²) in [7, 11) is 0. The van der Waals surface area contributed by atoms with Crippen LogP contribution in [0.4, 0.5) is 15.8 Å². The number of non-ortho nitro benzene ring substituents is 1. The van der Waals surface area contributed by atoms with Crippen molar-refractivity contribution in [3.8, 4) is 34.5 Å². The van der Waals surface area contributed by atoms with Crippen molar-refractivity contribution in [1.82, 2.24) is 19.7 Å². The van der Waals surface area contributed by atoms with Crippen molar-refractivity contribution in [3.05, 3.63) is 129 Å². The van der Waals surface area contributed by atoms with E-state index < -0.39 is 10.7 Å². The Morgan fingerprint density at radius 3 is 2.63 bits per heavy atom. The lowest BCUT2D eigenvalue weighted by atomic mass is 10.1. The average Bonchev–Trinajstić information content (AvgIpc) is 3.08. The van der Waals surface area contributed by atoms with Gasteiger partial charge in [-0.15, -0.1) is 0 Å². The quantitative estimate of drug-likeness (QED) is 0.169. The number of aromatic nitrogens is 4. The van der Waals surface area contributed by atoms with E-state index in [1.807, 2.05) is 30.3 Å². The van der Waals surface area contributed by atoms with Gasteiger partial charge in [-0.3, -0.25) is 14.9 Å². The van der Waals surface area contributed by atoms with Crippen LogP contribution >= 0.6 is 0 Å². The van der Waals surface area contributed by atoms with E-state index in [2.05, 4.69) is 21.1 Å². The molecule has 0 spiro atoms. The molecule has 230 valence electrons. The number of nitro benzene ring substituents is 1. The highest BCUT2D eigenvalue weighted by Crippen LogP contribution is 2.26. The van der Waals surface area contributed by atoms with Crippen LogP contribution in [0.25, 0.3) is 22.6 Å². The molecule has 1 fully saturated rings. The molecule has 3 aromatic carbocycles. The predicted octanol–water partition coefficient (Wildman–Crippen LogP) is 4.62. The molecule has 3 heterocycles. The third-order valence-electron chi connectivity index (χ3n) is 7.36. The van der Waals surface area contributed by atoms with E-state index in [4.69, 9.17) is 9.47 Å². The number of hydrogen-bond donors (Lipinski definition) is 0. The minimum atomic E-state index is -0.664. The zero-order valence-corrected chi connectivity index (χ0v) is 24.3. The number of nitro groups is 1. The third-order valence-corrected chi connectivity index (χ3v) is 7.36. The first-order valence-electron chi connectivity index (χ1n) is 14.3. The molecule has 0 unspecified atom stereocenters. The number of nitrogens with zero attached hydrogens (tertiary/aromatic N) is 7. The molecule has 0 N–H and O–H groups in total. The third kappa shape index (κ3) is 6.87. The second-order valence-corrected chi connectivity index (χ2v) is 10.5. The Morgan fingerprint density at radius 1 is 1.04 bits per heavy atom. The Balaban J connectivity index is 1.09. The fourth-order valence-corrected chi connectivity index (χ4v) is 5.08. The highest BCUT2D eigenvalue weighted by atomic mass is 19.1. The van der Waals surface area contributed by atoms with E-state index in [1.54, 1.807) is 41.6 Å². The SMILES string of the molecule is N#Cc1cccc(-c2ccc(=O)n(Cc3cccc(-c4ncc(OC[C@H]5CN(c6ccc([N+](=O)[O-])cc6F)CCO5)cn4)c3)n2)c1. The van der Waals surface area contributed by atoms with Crippen LogP contribution in [0.5, 0.6) is 5.75 Å². The molecule has 0 amide bonds. The van der Waals surface area contributed by atoms with E-state index in [9.17, 15) is 24.6 Å². The normalized spacial score (nSPS) is 14.4. The van der Waals surface area contributed by atoms with Gasteiger partial charge in [0.1, 0.15) is 12.7 Å². The molecule has 1 aliphatic heterocycles. The summed E-state index contributed by atoms with van der Waals surface area (Å²) in [5.74, 6) is 0.225. The number of nitriles is 1. The van der Waals surface area contributed by atoms with Crippen molar-refractivity contribution < 1.29 is 18.8 Å². The molecule has 46 heavy (non-hydrogen) atoms. The van der Waals surface area contributed by atoms with Crippen molar-refractivity contribution in [2.45, 2.75) is 12.6 Å². The number of morpholine rings is 1. The number of halogens is 1. The topological polar surface area (TPSA) is 149 Å². The van der Waals surface area contributed by atoms with Gasteiger partial charge in [0.15, 0.2) is 17.4 Å². The van der Waals surface area contributed by atoms with E-state index in [0.717, 1.165) is 22.8 Å². The lowest BCUT2D eigenvalue weighted by Crippen LogP contribution is -2.45. The number of anilines is 1. The van der Waals surface area contributed by atoms with Gasteiger partial charge in [-0.1, -0.05) is 30.3 Å². The lowest BCUT2D eigenvalue weighted by Gasteiger charge is -2.34. The largest absolute Gasteiger partial charge is 0.488 e. The van der Waals surface area contributed by atoms with Gasteiger partial charge in [-0.25, -0.2) is 19.0 Å². The molecule has 0 saturated carbocycles. The van der Waals surface area contributed by atoms with Crippen LogP contribution in [-0.2, 0) is 11.3 Å². The minimum Gasteiger partial charge on any atom is -0.488 e. The van der Waals surface area contributed by atoms with Gasteiger partial charge in [-0.05, 0) is 35.9 Å². The molecule has 2 aromatic heterocycles. The molecular formula is C33H26FN7O5. The molecular weight excluding hydrogens is 593 g/mol. The summed E-state index contributed by atoms with van der Waals surface area (Å²) in [6.45, 7) is 1.52. The van der Waals surface area contributed by atoms with Crippen molar-refractivity contribution >= 4 is 11.4 Å². The van der Waals surface area contributed by atoms with Crippen LogP contribution in [0.1, 0.15) is 11.1 Å². The Bertz CT molecular complexity index is 1990. The summed E-state index contributed by atoms with van der Waals surface area (Å²) < 4.78 is 27.5. The van der Waals surface area contributed by atoms with E-state index in [0.29, 0.717) is 42.5 Å². The first kappa shape index (κ1) is 30.0. The van der Waals surface area contributed by atoms with Crippen molar-refractivity contribution in [2.24, 2.45) is 0 Å².